The third-order valence-corrected chi connectivity index (χ3v) is 5.67. The number of hydrogen-bond donors (Lipinski definition) is 3. The molecule has 2 aromatic rings. The van der Waals surface area contributed by atoms with Crippen LogP contribution < -0.4 is 21.3 Å². The van der Waals surface area contributed by atoms with Crippen molar-refractivity contribution in [1.82, 2.24) is 15.3 Å². The Labute approximate surface area is 192 Å². The first kappa shape index (κ1) is 25.3. The first-order chi connectivity index (χ1) is 13.8. The molecule has 1 aromatic heterocycles. The van der Waals surface area contributed by atoms with Gasteiger partial charge >= 0.3 is 6.18 Å². The molecule has 31 heavy (non-hydrogen) atoms. The van der Waals surface area contributed by atoms with Gasteiger partial charge in [0.25, 0.3) is 0 Å². The van der Waals surface area contributed by atoms with Crippen LogP contribution in [0.5, 0.6) is 0 Å². The first-order valence-electron chi connectivity index (χ1n) is 9.91. The number of nitrogen functional groups attached to an aromatic ring is 1. The average Bonchev–Trinajstić information content (AvgIpc) is 3.17. The fourth-order valence-corrected chi connectivity index (χ4v) is 4.09. The topological polar surface area (TPSA) is 79.1 Å². The monoisotopic (exact) mass is 478 g/mol. The molecule has 11 heteroatoms. The van der Waals surface area contributed by atoms with Crippen LogP contribution in [0.15, 0.2) is 18.2 Å². The van der Waals surface area contributed by atoms with E-state index in [0.29, 0.717) is 12.0 Å². The molecule has 1 fully saturated rings. The van der Waals surface area contributed by atoms with Gasteiger partial charge in [0.2, 0.25) is 5.95 Å². The minimum absolute atomic E-state index is 0. The Morgan fingerprint density at radius 1 is 1.13 bits per heavy atom. The van der Waals surface area contributed by atoms with Crippen molar-refractivity contribution < 1.29 is 13.2 Å². The van der Waals surface area contributed by atoms with Crippen LogP contribution in [0.2, 0.25) is 0 Å². The number of aryl methyl sites for hydroxylation is 1. The van der Waals surface area contributed by atoms with E-state index in [1.165, 1.54) is 17.7 Å². The van der Waals surface area contributed by atoms with Crippen LogP contribution in [0.1, 0.15) is 36.1 Å². The summed E-state index contributed by atoms with van der Waals surface area (Å²) in [5.74, 6) is 1.23. The number of anilines is 4. The van der Waals surface area contributed by atoms with E-state index < -0.39 is 11.7 Å². The second-order valence-electron chi connectivity index (χ2n) is 7.65. The highest BCUT2D eigenvalue weighted by molar-refractivity contribution is 5.85. The molecule has 1 aliphatic carbocycles. The summed E-state index contributed by atoms with van der Waals surface area (Å²) in [5.41, 5.74) is 6.77. The zero-order valence-electron chi connectivity index (χ0n) is 17.1. The lowest BCUT2D eigenvalue weighted by Gasteiger charge is -2.25. The van der Waals surface area contributed by atoms with Gasteiger partial charge in [-0.3, -0.25) is 0 Å². The summed E-state index contributed by atoms with van der Waals surface area (Å²) < 4.78 is 39.5. The smallest absolute Gasteiger partial charge is 0.398 e. The molecule has 1 saturated heterocycles. The summed E-state index contributed by atoms with van der Waals surface area (Å²) in [4.78, 5) is 11.6. The normalized spacial score (nSPS) is 18.1. The maximum absolute atomic E-state index is 13.2. The van der Waals surface area contributed by atoms with Gasteiger partial charge in [0, 0.05) is 36.1 Å². The molecule has 0 bridgehead atoms. The number of nitrogens with zero attached hydrogens (tertiary/aromatic N) is 3. The summed E-state index contributed by atoms with van der Waals surface area (Å²) in [6, 6.07) is 4.18. The largest absolute Gasteiger partial charge is 0.418 e. The Morgan fingerprint density at radius 3 is 2.55 bits per heavy atom. The molecule has 1 aliphatic heterocycles. The zero-order chi connectivity index (χ0) is 20.6. The van der Waals surface area contributed by atoms with Crippen molar-refractivity contribution in [1.29, 1.82) is 0 Å². The molecule has 0 saturated carbocycles. The summed E-state index contributed by atoms with van der Waals surface area (Å²) in [5, 5.41) is 6.27. The second kappa shape index (κ2) is 10.1. The summed E-state index contributed by atoms with van der Waals surface area (Å²) in [7, 11) is 1.95. The van der Waals surface area contributed by atoms with Crippen molar-refractivity contribution in [3.05, 3.63) is 35.0 Å². The molecule has 0 radical (unpaired) electrons. The predicted molar refractivity (Wildman–Crippen MR) is 122 cm³/mol. The molecule has 1 atom stereocenters. The molecule has 0 unspecified atom stereocenters. The lowest BCUT2D eigenvalue weighted by atomic mass is 9.96. The maximum atomic E-state index is 13.2. The zero-order valence-corrected chi connectivity index (χ0v) is 18.8. The van der Waals surface area contributed by atoms with Crippen LogP contribution in [0.3, 0.4) is 0 Å². The molecule has 2 aliphatic rings. The number of nitrogens with one attached hydrogen (secondary N) is 2. The van der Waals surface area contributed by atoms with E-state index >= 15 is 0 Å². The van der Waals surface area contributed by atoms with Crippen molar-refractivity contribution in [2.24, 2.45) is 0 Å². The fourth-order valence-electron chi connectivity index (χ4n) is 4.09. The van der Waals surface area contributed by atoms with Gasteiger partial charge in [0.05, 0.1) is 11.3 Å². The van der Waals surface area contributed by atoms with Gasteiger partial charge in [-0.1, -0.05) is 0 Å². The SMILES string of the molecule is CN[C@H]1CCN(c2nc(Nc3ccc(N)c(C(F)(F)F)c3)nc3c2CCCC3)C1.Cl.Cl. The van der Waals surface area contributed by atoms with Gasteiger partial charge in [0.1, 0.15) is 5.82 Å². The van der Waals surface area contributed by atoms with Crippen molar-refractivity contribution in [2.45, 2.75) is 44.3 Å². The van der Waals surface area contributed by atoms with E-state index in [0.717, 1.165) is 62.8 Å². The highest BCUT2D eigenvalue weighted by Gasteiger charge is 2.33. The number of aromatic nitrogens is 2. The third-order valence-electron chi connectivity index (χ3n) is 5.67. The average molecular weight is 479 g/mol. The molecule has 4 N–H and O–H groups in total. The van der Waals surface area contributed by atoms with Crippen LogP contribution >= 0.6 is 24.8 Å². The number of benzene rings is 1. The summed E-state index contributed by atoms with van der Waals surface area (Å²) >= 11 is 0. The molecule has 0 spiro atoms. The molecule has 1 aromatic carbocycles. The number of fused-ring (bicyclic) bond motifs is 1. The van der Waals surface area contributed by atoms with Crippen LogP contribution in [0.25, 0.3) is 0 Å². The Hall–Kier alpha value is -1.97. The van der Waals surface area contributed by atoms with Crippen molar-refractivity contribution in [3.63, 3.8) is 0 Å². The van der Waals surface area contributed by atoms with Crippen molar-refractivity contribution >= 4 is 48.0 Å². The number of rotatable bonds is 4. The van der Waals surface area contributed by atoms with Gasteiger partial charge < -0.3 is 21.3 Å². The number of halogens is 5. The fraction of sp³-hybridized carbons (Fsp3) is 0.500. The maximum Gasteiger partial charge on any atom is 0.418 e. The molecular formula is C20H27Cl2F3N6. The molecule has 0 amide bonds. The second-order valence-corrected chi connectivity index (χ2v) is 7.65. The lowest BCUT2D eigenvalue weighted by molar-refractivity contribution is -0.136. The number of hydrogen-bond acceptors (Lipinski definition) is 6. The van der Waals surface area contributed by atoms with Gasteiger partial charge in [-0.15, -0.1) is 24.8 Å². The van der Waals surface area contributed by atoms with E-state index in [1.54, 1.807) is 0 Å². The molecular weight excluding hydrogens is 452 g/mol. The highest BCUT2D eigenvalue weighted by atomic mass is 35.5. The molecule has 2 heterocycles. The minimum Gasteiger partial charge on any atom is -0.398 e. The number of likely N-dealkylation sites (N-methyl/N-ethyl adjacent to an activating group) is 1. The van der Waals surface area contributed by atoms with Crippen molar-refractivity contribution in [2.75, 3.05) is 36.1 Å². The third kappa shape index (κ3) is 5.45. The molecule has 6 nitrogen and oxygen atoms in total. The van der Waals surface area contributed by atoms with Crippen LogP contribution in [0, 0.1) is 0 Å². The number of alkyl halides is 3. The Balaban J connectivity index is 0.00000171. The van der Waals surface area contributed by atoms with E-state index in [1.807, 2.05) is 7.05 Å². The van der Waals surface area contributed by atoms with Crippen molar-refractivity contribution in [3.8, 4) is 0 Å². The minimum atomic E-state index is -4.51. The van der Waals surface area contributed by atoms with Gasteiger partial charge in [0.15, 0.2) is 0 Å². The van der Waals surface area contributed by atoms with Crippen LogP contribution in [-0.4, -0.2) is 36.1 Å². The highest BCUT2D eigenvalue weighted by Crippen LogP contribution is 2.36. The van der Waals surface area contributed by atoms with Crippen LogP contribution in [-0.2, 0) is 19.0 Å². The predicted octanol–water partition coefficient (Wildman–Crippen LogP) is 4.34. The Morgan fingerprint density at radius 2 is 1.87 bits per heavy atom. The molecule has 4 rings (SSSR count). The number of nitrogens with two attached hydrogens (primary N) is 1. The van der Waals surface area contributed by atoms with Crippen LogP contribution in [0.4, 0.5) is 36.3 Å². The standard InChI is InChI=1S/C20H25F3N6.2ClH/c1-25-13-8-9-29(11-13)18-14-4-2-3-5-17(14)27-19(28-18)26-12-6-7-16(24)15(10-12)20(21,22)23;;/h6-7,10,13,25H,2-5,8-9,11,24H2,1H3,(H,26,27,28);2*1H/t13-;;/m0../s1. The summed E-state index contributed by atoms with van der Waals surface area (Å²) in [6.07, 6.45) is 0.477. The summed E-state index contributed by atoms with van der Waals surface area (Å²) in [6.45, 7) is 1.76. The van der Waals surface area contributed by atoms with Gasteiger partial charge in [-0.25, -0.2) is 4.98 Å². The van der Waals surface area contributed by atoms with E-state index in [-0.39, 0.29) is 36.2 Å². The molecule has 172 valence electrons. The van der Waals surface area contributed by atoms with E-state index in [2.05, 4.69) is 20.5 Å². The Kier molecular flexibility index (Phi) is 8.24. The van der Waals surface area contributed by atoms with Gasteiger partial charge in [-0.05, 0) is 57.4 Å². The Bertz CT molecular complexity index is 909. The quantitative estimate of drug-likeness (QED) is 0.567. The van der Waals surface area contributed by atoms with E-state index in [4.69, 9.17) is 10.7 Å². The first-order valence-corrected chi connectivity index (χ1v) is 9.91. The lowest BCUT2D eigenvalue weighted by Crippen LogP contribution is -2.31. The van der Waals surface area contributed by atoms with E-state index in [9.17, 15) is 13.2 Å². The van der Waals surface area contributed by atoms with Gasteiger partial charge in [-0.2, -0.15) is 18.2 Å².